The quantitative estimate of drug-likeness (QED) is 0.306. The largest absolute Gasteiger partial charge is 0.417 e. The van der Waals surface area contributed by atoms with Crippen molar-refractivity contribution in [2.24, 2.45) is 0 Å². The van der Waals surface area contributed by atoms with Crippen LogP contribution >= 0.6 is 0 Å². The molecule has 0 heterocycles. The van der Waals surface area contributed by atoms with Crippen molar-refractivity contribution in [2.45, 2.75) is 97.2 Å². The first-order chi connectivity index (χ1) is 8.50. The van der Waals surface area contributed by atoms with Crippen LogP contribution in [0.2, 0.25) is 18.6 Å². The van der Waals surface area contributed by atoms with Gasteiger partial charge in [-0.05, 0) is 25.1 Å². The van der Waals surface area contributed by atoms with Gasteiger partial charge in [-0.25, -0.2) is 0 Å². The highest BCUT2D eigenvalue weighted by atomic mass is 28.4. The summed E-state index contributed by atoms with van der Waals surface area (Å²) >= 11 is 0. The first kappa shape index (κ1) is 18.2. The van der Waals surface area contributed by atoms with Crippen LogP contribution in [0.15, 0.2) is 0 Å². The van der Waals surface area contributed by atoms with E-state index in [-0.39, 0.29) is 0 Å². The molecule has 0 aliphatic rings. The summed E-state index contributed by atoms with van der Waals surface area (Å²) in [6.45, 7) is 12.5. The fourth-order valence-electron chi connectivity index (χ4n) is 1.91. The van der Waals surface area contributed by atoms with Gasteiger partial charge in [0, 0.05) is 6.61 Å². The number of hydrogen-bond donors (Lipinski definition) is 0. The number of unbranched alkanes of at least 4 members (excludes halogenated alkanes) is 8. The van der Waals surface area contributed by atoms with Gasteiger partial charge in [0.15, 0.2) is 8.32 Å². The molecule has 0 bridgehead atoms. The van der Waals surface area contributed by atoms with E-state index in [4.69, 9.17) is 4.43 Å². The average Bonchev–Trinajstić information content (AvgIpc) is 2.31. The van der Waals surface area contributed by atoms with Gasteiger partial charge in [0.1, 0.15) is 0 Å². The zero-order chi connectivity index (χ0) is 13.9. The summed E-state index contributed by atoms with van der Waals surface area (Å²) in [4.78, 5) is 0. The summed E-state index contributed by atoms with van der Waals surface area (Å²) in [5.41, 5.74) is 0.732. The third-order valence-corrected chi connectivity index (χ3v) is 7.84. The third kappa shape index (κ3) is 10.1. The molecule has 0 aliphatic carbocycles. The molecule has 0 spiro atoms. The van der Waals surface area contributed by atoms with Crippen molar-refractivity contribution < 1.29 is 4.43 Å². The second kappa shape index (κ2) is 11.0. The number of rotatable bonds is 12. The minimum Gasteiger partial charge on any atom is -0.417 e. The predicted octanol–water partition coefficient (Wildman–Crippen LogP) is 6.15. The molecule has 0 aromatic rings. The van der Waals surface area contributed by atoms with Crippen LogP contribution in [0.1, 0.15) is 78.6 Å². The van der Waals surface area contributed by atoms with Gasteiger partial charge in [-0.15, -0.1) is 0 Å². The topological polar surface area (TPSA) is 9.23 Å². The van der Waals surface area contributed by atoms with E-state index in [0.717, 1.165) is 12.1 Å². The SMILES string of the molecule is CCCCCCCCCCCO[Si](C)(C)C(C)C. The number of hydrogen-bond acceptors (Lipinski definition) is 1. The highest BCUT2D eigenvalue weighted by Crippen LogP contribution is 2.21. The highest BCUT2D eigenvalue weighted by Gasteiger charge is 2.26. The molecule has 2 heteroatoms. The van der Waals surface area contributed by atoms with Crippen LogP contribution in [-0.2, 0) is 4.43 Å². The normalized spacial score (nSPS) is 12.3. The highest BCUT2D eigenvalue weighted by molar-refractivity contribution is 6.72. The van der Waals surface area contributed by atoms with Crippen molar-refractivity contribution in [1.82, 2.24) is 0 Å². The zero-order valence-electron chi connectivity index (χ0n) is 13.6. The maximum absolute atomic E-state index is 6.09. The molecule has 0 aliphatic heterocycles. The molecule has 0 fully saturated rings. The molecule has 0 unspecified atom stereocenters. The minimum atomic E-state index is -1.37. The Balaban J connectivity index is 3.21. The van der Waals surface area contributed by atoms with E-state index < -0.39 is 8.32 Å². The van der Waals surface area contributed by atoms with Gasteiger partial charge in [-0.3, -0.25) is 0 Å². The summed E-state index contributed by atoms with van der Waals surface area (Å²) in [6, 6.07) is 0. The van der Waals surface area contributed by atoms with Gasteiger partial charge < -0.3 is 4.43 Å². The lowest BCUT2D eigenvalue weighted by atomic mass is 10.1. The van der Waals surface area contributed by atoms with Crippen LogP contribution in [0.25, 0.3) is 0 Å². The Hall–Kier alpha value is 0.177. The first-order valence-electron chi connectivity index (χ1n) is 8.14. The molecular formula is C16H36OSi. The molecule has 0 radical (unpaired) electrons. The molecule has 0 atom stereocenters. The Kier molecular flexibility index (Phi) is 11.1. The van der Waals surface area contributed by atoms with E-state index in [0.29, 0.717) is 0 Å². The summed E-state index contributed by atoms with van der Waals surface area (Å²) in [7, 11) is -1.37. The molecule has 0 aromatic carbocycles. The van der Waals surface area contributed by atoms with Gasteiger partial charge in [0.25, 0.3) is 0 Å². The monoisotopic (exact) mass is 272 g/mol. The molecule has 0 saturated carbocycles. The van der Waals surface area contributed by atoms with E-state index in [9.17, 15) is 0 Å². The summed E-state index contributed by atoms with van der Waals surface area (Å²) < 4.78 is 6.09. The molecular weight excluding hydrogens is 236 g/mol. The molecule has 0 N–H and O–H groups in total. The van der Waals surface area contributed by atoms with Crippen molar-refractivity contribution in [2.75, 3.05) is 6.61 Å². The third-order valence-electron chi connectivity index (χ3n) is 4.11. The van der Waals surface area contributed by atoms with Crippen LogP contribution in [-0.4, -0.2) is 14.9 Å². The van der Waals surface area contributed by atoms with Crippen LogP contribution in [0.5, 0.6) is 0 Å². The molecule has 0 saturated heterocycles. The second-order valence-electron chi connectivity index (χ2n) is 6.44. The Labute approximate surface area is 117 Å². The van der Waals surface area contributed by atoms with E-state index in [2.05, 4.69) is 33.9 Å². The van der Waals surface area contributed by atoms with Gasteiger partial charge >= 0.3 is 0 Å². The Morgan fingerprint density at radius 1 is 0.778 bits per heavy atom. The second-order valence-corrected chi connectivity index (χ2v) is 11.1. The molecule has 1 nitrogen and oxygen atoms in total. The van der Waals surface area contributed by atoms with Gasteiger partial charge in [-0.1, -0.05) is 72.1 Å². The van der Waals surface area contributed by atoms with Crippen molar-refractivity contribution in [3.8, 4) is 0 Å². The van der Waals surface area contributed by atoms with Crippen molar-refractivity contribution in [3.05, 3.63) is 0 Å². The van der Waals surface area contributed by atoms with Crippen molar-refractivity contribution in [1.29, 1.82) is 0 Å². The standard InChI is InChI=1S/C16H36OSi/c1-6-7-8-9-10-11-12-13-14-15-17-18(4,5)16(2)3/h16H,6-15H2,1-5H3. The maximum atomic E-state index is 6.09. The molecule has 0 aromatic heterocycles. The summed E-state index contributed by atoms with van der Waals surface area (Å²) in [5, 5.41) is 0. The van der Waals surface area contributed by atoms with Crippen molar-refractivity contribution >= 4 is 8.32 Å². The maximum Gasteiger partial charge on any atom is 0.189 e. The first-order valence-corrected chi connectivity index (χ1v) is 11.1. The Bertz CT molecular complexity index is 178. The average molecular weight is 273 g/mol. The Morgan fingerprint density at radius 2 is 1.22 bits per heavy atom. The zero-order valence-corrected chi connectivity index (χ0v) is 14.6. The van der Waals surface area contributed by atoms with Gasteiger partial charge in [0.05, 0.1) is 0 Å². The van der Waals surface area contributed by atoms with Crippen LogP contribution in [0, 0.1) is 0 Å². The van der Waals surface area contributed by atoms with Gasteiger partial charge in [-0.2, -0.15) is 0 Å². The Morgan fingerprint density at radius 3 is 1.67 bits per heavy atom. The van der Waals surface area contributed by atoms with Crippen molar-refractivity contribution in [3.63, 3.8) is 0 Å². The lowest BCUT2D eigenvalue weighted by Crippen LogP contribution is -2.34. The van der Waals surface area contributed by atoms with Crippen LogP contribution < -0.4 is 0 Å². The minimum absolute atomic E-state index is 0.732. The molecule has 110 valence electrons. The molecule has 0 amide bonds. The lowest BCUT2D eigenvalue weighted by molar-refractivity contribution is 0.289. The molecule has 18 heavy (non-hydrogen) atoms. The van der Waals surface area contributed by atoms with E-state index in [1.54, 1.807) is 0 Å². The van der Waals surface area contributed by atoms with Gasteiger partial charge in [0.2, 0.25) is 0 Å². The predicted molar refractivity (Wildman–Crippen MR) is 85.8 cm³/mol. The summed E-state index contributed by atoms with van der Waals surface area (Å²) in [5.74, 6) is 0. The fraction of sp³-hybridized carbons (Fsp3) is 1.00. The van der Waals surface area contributed by atoms with Crippen LogP contribution in [0.4, 0.5) is 0 Å². The van der Waals surface area contributed by atoms with E-state index >= 15 is 0 Å². The molecule has 0 rings (SSSR count). The van der Waals surface area contributed by atoms with E-state index in [1.165, 1.54) is 57.8 Å². The fourth-order valence-corrected chi connectivity index (χ4v) is 2.92. The van der Waals surface area contributed by atoms with Crippen LogP contribution in [0.3, 0.4) is 0 Å². The van der Waals surface area contributed by atoms with E-state index in [1.807, 2.05) is 0 Å². The lowest BCUT2D eigenvalue weighted by Gasteiger charge is -2.26. The smallest absolute Gasteiger partial charge is 0.189 e. The summed E-state index contributed by atoms with van der Waals surface area (Å²) in [6.07, 6.45) is 12.5.